The SMILES string of the molecule is C[C@]12CCC(=O)C=C1C1CC1C1C2CC[C@@]2(C)C1C1CC1[C@@]2(O)C#CC(=O)O. The van der Waals surface area contributed by atoms with Crippen LogP contribution in [0.25, 0.3) is 0 Å². The van der Waals surface area contributed by atoms with Crippen LogP contribution in [0.3, 0.4) is 0 Å². The molecule has 6 rings (SSSR count). The van der Waals surface area contributed by atoms with Crippen molar-refractivity contribution >= 4 is 11.8 Å². The van der Waals surface area contributed by atoms with Crippen LogP contribution in [0.1, 0.15) is 52.4 Å². The topological polar surface area (TPSA) is 74.6 Å². The number of aliphatic carboxylic acids is 1. The van der Waals surface area contributed by atoms with E-state index >= 15 is 0 Å². The predicted molar refractivity (Wildman–Crippen MR) is 102 cm³/mol. The van der Waals surface area contributed by atoms with Gasteiger partial charge in [0.2, 0.25) is 0 Å². The number of aliphatic hydroxyl groups is 1. The molecule has 6 aliphatic rings. The molecule has 7 unspecified atom stereocenters. The van der Waals surface area contributed by atoms with E-state index in [2.05, 4.69) is 25.7 Å². The van der Waals surface area contributed by atoms with Crippen LogP contribution in [0.4, 0.5) is 0 Å². The van der Waals surface area contributed by atoms with Crippen molar-refractivity contribution in [3.05, 3.63) is 11.6 Å². The van der Waals surface area contributed by atoms with E-state index in [1.54, 1.807) is 0 Å². The number of allylic oxidation sites excluding steroid dienone is 1. The average Bonchev–Trinajstić information content (AvgIpc) is 3.53. The van der Waals surface area contributed by atoms with Crippen molar-refractivity contribution in [2.45, 2.75) is 58.0 Å². The largest absolute Gasteiger partial charge is 0.472 e. The zero-order chi connectivity index (χ0) is 19.6. The molecule has 0 aliphatic heterocycles. The Hall–Kier alpha value is -1.60. The third-order valence-electron chi connectivity index (χ3n) is 10.1. The molecule has 148 valence electrons. The summed E-state index contributed by atoms with van der Waals surface area (Å²) < 4.78 is 0. The normalized spacial score (nSPS) is 57.3. The second-order valence-electron chi connectivity index (χ2n) is 11.0. The first-order valence-electron chi connectivity index (χ1n) is 10.9. The zero-order valence-corrected chi connectivity index (χ0v) is 16.6. The van der Waals surface area contributed by atoms with E-state index in [0.29, 0.717) is 47.7 Å². The minimum Gasteiger partial charge on any atom is -0.472 e. The molecule has 5 fully saturated rings. The first-order chi connectivity index (χ1) is 13.2. The quantitative estimate of drug-likeness (QED) is 0.634. The molecule has 28 heavy (non-hydrogen) atoms. The summed E-state index contributed by atoms with van der Waals surface area (Å²) in [4.78, 5) is 23.2. The Balaban J connectivity index is 1.43. The second-order valence-corrected chi connectivity index (χ2v) is 11.0. The fourth-order valence-electron chi connectivity index (χ4n) is 8.77. The van der Waals surface area contributed by atoms with E-state index in [9.17, 15) is 14.7 Å². The number of fused-ring (bicyclic) bond motifs is 10. The minimum atomic E-state index is -1.16. The number of carboxylic acids is 1. The summed E-state index contributed by atoms with van der Waals surface area (Å²) in [5, 5.41) is 20.7. The highest BCUT2D eigenvalue weighted by Gasteiger charge is 2.78. The van der Waals surface area contributed by atoms with E-state index < -0.39 is 11.6 Å². The summed E-state index contributed by atoms with van der Waals surface area (Å²) in [6.45, 7) is 4.59. The van der Waals surface area contributed by atoms with Crippen molar-refractivity contribution in [1.29, 1.82) is 0 Å². The van der Waals surface area contributed by atoms with E-state index in [1.807, 2.05) is 6.08 Å². The van der Waals surface area contributed by atoms with Gasteiger partial charge in [-0.3, -0.25) is 4.79 Å². The van der Waals surface area contributed by atoms with Crippen LogP contribution in [-0.2, 0) is 9.59 Å². The number of carboxylic acid groups (broad SMARTS) is 1. The van der Waals surface area contributed by atoms with Crippen molar-refractivity contribution in [3.63, 3.8) is 0 Å². The fraction of sp³-hybridized carbons (Fsp3) is 0.750. The van der Waals surface area contributed by atoms with Gasteiger partial charge in [-0.25, -0.2) is 4.79 Å². The molecule has 0 aromatic heterocycles. The molecule has 0 saturated heterocycles. The molecular weight excluding hydrogens is 352 g/mol. The van der Waals surface area contributed by atoms with Crippen LogP contribution in [0.15, 0.2) is 11.6 Å². The highest BCUT2D eigenvalue weighted by atomic mass is 16.4. The molecule has 4 heteroatoms. The lowest BCUT2D eigenvalue weighted by Crippen LogP contribution is -2.57. The van der Waals surface area contributed by atoms with Crippen LogP contribution in [0.5, 0.6) is 0 Å². The van der Waals surface area contributed by atoms with Crippen LogP contribution >= 0.6 is 0 Å². The third kappa shape index (κ3) is 1.83. The van der Waals surface area contributed by atoms with Crippen LogP contribution in [0.2, 0.25) is 0 Å². The standard InChI is InChI=1S/C24H28O4/c1-22-6-3-12(25)9-17(22)13-10-14(13)20-16(22)4-7-23(2)21(20)15-11-18(15)24(23,28)8-5-19(26)27/h9,13-16,18,20-21,28H,3-4,6-7,10-11H2,1-2H3,(H,26,27)/t13?,14?,15?,16?,18?,20?,21?,22-,23+,24+/m1/s1. The van der Waals surface area contributed by atoms with Crippen LogP contribution in [0, 0.1) is 64.1 Å². The van der Waals surface area contributed by atoms with Crippen LogP contribution in [-0.4, -0.2) is 27.6 Å². The maximum Gasteiger partial charge on any atom is 0.382 e. The molecule has 0 radical (unpaired) electrons. The molecule has 0 bridgehead atoms. The lowest BCUT2D eigenvalue weighted by atomic mass is 9.45. The van der Waals surface area contributed by atoms with Crippen molar-refractivity contribution in [2.24, 2.45) is 52.3 Å². The monoisotopic (exact) mass is 380 g/mol. The number of carbonyl (C=O) groups excluding carboxylic acids is 1. The van der Waals surface area contributed by atoms with Crippen molar-refractivity contribution in [2.75, 3.05) is 0 Å². The Morgan fingerprint density at radius 2 is 1.96 bits per heavy atom. The van der Waals surface area contributed by atoms with E-state index in [4.69, 9.17) is 5.11 Å². The molecule has 5 saturated carbocycles. The Morgan fingerprint density at radius 3 is 2.71 bits per heavy atom. The summed E-state index contributed by atoms with van der Waals surface area (Å²) in [6, 6.07) is 0. The van der Waals surface area contributed by atoms with Gasteiger partial charge in [0.1, 0.15) is 5.60 Å². The van der Waals surface area contributed by atoms with Gasteiger partial charge in [-0.05, 0) is 79.1 Å². The van der Waals surface area contributed by atoms with Crippen LogP contribution < -0.4 is 0 Å². The maximum atomic E-state index is 12.1. The smallest absolute Gasteiger partial charge is 0.382 e. The number of carbonyl (C=O) groups is 2. The van der Waals surface area contributed by atoms with Gasteiger partial charge >= 0.3 is 5.97 Å². The molecular formula is C24H28O4. The third-order valence-corrected chi connectivity index (χ3v) is 10.1. The lowest BCUT2D eigenvalue weighted by molar-refractivity contribution is -0.131. The highest BCUT2D eigenvalue weighted by Crippen LogP contribution is 2.80. The van der Waals surface area contributed by atoms with Gasteiger partial charge < -0.3 is 10.2 Å². The van der Waals surface area contributed by atoms with Gasteiger partial charge in [0, 0.05) is 23.7 Å². The molecule has 4 nitrogen and oxygen atoms in total. The number of rotatable bonds is 0. The van der Waals surface area contributed by atoms with Crippen molar-refractivity contribution < 1.29 is 19.8 Å². The van der Waals surface area contributed by atoms with Gasteiger partial charge in [0.25, 0.3) is 0 Å². The van der Waals surface area contributed by atoms with Crippen molar-refractivity contribution in [3.8, 4) is 11.8 Å². The molecule has 0 aromatic carbocycles. The van der Waals surface area contributed by atoms with Gasteiger partial charge in [-0.15, -0.1) is 0 Å². The minimum absolute atomic E-state index is 0.134. The first-order valence-corrected chi connectivity index (χ1v) is 10.9. The molecule has 2 N–H and O–H groups in total. The van der Waals surface area contributed by atoms with E-state index in [-0.39, 0.29) is 16.7 Å². The summed E-state index contributed by atoms with van der Waals surface area (Å²) >= 11 is 0. The Labute approximate surface area is 165 Å². The molecule has 0 amide bonds. The highest BCUT2D eigenvalue weighted by molar-refractivity contribution is 5.92. The Bertz CT molecular complexity index is 907. The summed E-state index contributed by atoms with van der Waals surface area (Å²) in [6.07, 6.45) is 7.78. The Kier molecular flexibility index (Phi) is 3.04. The summed E-state index contributed by atoms with van der Waals surface area (Å²) in [5.74, 6) is 7.72. The lowest BCUT2D eigenvalue weighted by Gasteiger charge is -2.59. The number of ketones is 1. The summed E-state index contributed by atoms with van der Waals surface area (Å²) in [5.41, 5.74) is 0.106. The molecule has 6 aliphatic carbocycles. The molecule has 0 spiro atoms. The number of hydrogen-bond acceptors (Lipinski definition) is 3. The van der Waals surface area contributed by atoms with Gasteiger partial charge in [0.05, 0.1) is 0 Å². The summed E-state index contributed by atoms with van der Waals surface area (Å²) in [7, 11) is 0. The number of hydrogen-bond donors (Lipinski definition) is 2. The molecule has 0 heterocycles. The zero-order valence-electron chi connectivity index (χ0n) is 16.6. The molecule has 10 atom stereocenters. The van der Waals surface area contributed by atoms with E-state index in [1.165, 1.54) is 12.0 Å². The van der Waals surface area contributed by atoms with Gasteiger partial charge in [-0.1, -0.05) is 25.3 Å². The van der Waals surface area contributed by atoms with E-state index in [0.717, 1.165) is 25.7 Å². The fourth-order valence-corrected chi connectivity index (χ4v) is 8.77. The van der Waals surface area contributed by atoms with Gasteiger partial charge in [0.15, 0.2) is 5.78 Å². The molecule has 0 aromatic rings. The first kappa shape index (κ1) is 17.3. The average molecular weight is 380 g/mol. The predicted octanol–water partition coefficient (Wildman–Crippen LogP) is 3.05. The maximum absolute atomic E-state index is 12.1. The second kappa shape index (κ2) is 4.93. The van der Waals surface area contributed by atoms with Gasteiger partial charge in [-0.2, -0.15) is 0 Å². The van der Waals surface area contributed by atoms with Crippen molar-refractivity contribution in [1.82, 2.24) is 0 Å². The Morgan fingerprint density at radius 1 is 1.18 bits per heavy atom.